The van der Waals surface area contributed by atoms with Crippen LogP contribution in [0.5, 0.6) is 0 Å². The molecule has 1 aliphatic heterocycles. The molecule has 0 radical (unpaired) electrons. The lowest BCUT2D eigenvalue weighted by Gasteiger charge is -2.32. The van der Waals surface area contributed by atoms with Crippen LogP contribution in [0.15, 0.2) is 30.3 Å². The second kappa shape index (κ2) is 13.3. The Morgan fingerprint density at radius 2 is 1.77 bits per heavy atom. The van der Waals surface area contributed by atoms with Crippen molar-refractivity contribution in [3.05, 3.63) is 35.9 Å². The van der Waals surface area contributed by atoms with E-state index in [1.807, 2.05) is 23.1 Å². The molecule has 3 amide bonds. The zero-order valence-corrected chi connectivity index (χ0v) is 19.0. The Hall–Kier alpha value is -2.06. The number of benzene rings is 1. The second-order valence-corrected chi connectivity index (χ2v) is 8.85. The predicted octanol–water partition coefficient (Wildman–Crippen LogP) is 2.07. The van der Waals surface area contributed by atoms with Gasteiger partial charge in [-0.1, -0.05) is 42.1 Å². The van der Waals surface area contributed by atoms with Gasteiger partial charge in [-0.3, -0.25) is 9.59 Å². The number of piperazine rings is 1. The van der Waals surface area contributed by atoms with Crippen LogP contribution in [0.4, 0.5) is 4.79 Å². The minimum Gasteiger partial charge on any atom is -0.340 e. The highest BCUT2D eigenvalue weighted by atomic mass is 32.2. The Morgan fingerprint density at radius 3 is 2.43 bits per heavy atom. The fraction of sp³-hybridized carbons (Fsp3) is 0.591. The number of nitrogens with zero attached hydrogens (tertiary/aromatic N) is 3. The van der Waals surface area contributed by atoms with Crippen LogP contribution in [-0.2, 0) is 16.0 Å². The second-order valence-electron chi connectivity index (χ2n) is 7.58. The van der Waals surface area contributed by atoms with E-state index in [2.05, 4.69) is 29.4 Å². The zero-order chi connectivity index (χ0) is 21.8. The number of urea groups is 1. The highest BCUT2D eigenvalue weighted by molar-refractivity contribution is 8.13. The van der Waals surface area contributed by atoms with Gasteiger partial charge in [-0.15, -0.1) is 0 Å². The van der Waals surface area contributed by atoms with Gasteiger partial charge < -0.3 is 20.0 Å². The van der Waals surface area contributed by atoms with Gasteiger partial charge in [0.25, 0.3) is 0 Å². The minimum atomic E-state index is -0.168. The van der Waals surface area contributed by atoms with Gasteiger partial charge in [-0.2, -0.15) is 0 Å². The summed E-state index contributed by atoms with van der Waals surface area (Å²) in [6.45, 7) is 6.27. The van der Waals surface area contributed by atoms with Gasteiger partial charge in [-0.25, -0.2) is 4.79 Å². The Bertz CT molecular complexity index is 678. The van der Waals surface area contributed by atoms with E-state index in [0.29, 0.717) is 31.8 Å². The van der Waals surface area contributed by atoms with Crippen molar-refractivity contribution in [1.29, 1.82) is 0 Å². The highest BCUT2D eigenvalue weighted by Gasteiger charge is 2.19. The standard InChI is InChI=1S/C22H34N4O3S/c1-19(27)30-18-17-26(12-6-9-20-7-4-3-5-8-20)22(29)23-11-10-21(28)25-15-13-24(2)14-16-25/h3-5,7-8H,6,9-18H2,1-2H3,(H,23,29). The Kier molecular flexibility index (Phi) is 10.7. The van der Waals surface area contributed by atoms with E-state index < -0.39 is 0 Å². The van der Waals surface area contributed by atoms with Gasteiger partial charge in [0, 0.05) is 64.9 Å². The molecule has 0 unspecified atom stereocenters. The third-order valence-corrected chi connectivity index (χ3v) is 5.95. The molecular formula is C22H34N4O3S. The summed E-state index contributed by atoms with van der Waals surface area (Å²) in [5.74, 6) is 0.667. The SMILES string of the molecule is CC(=O)SCCN(CCCc1ccccc1)C(=O)NCCC(=O)N1CCN(C)CC1. The molecule has 0 aromatic heterocycles. The van der Waals surface area contributed by atoms with E-state index in [4.69, 9.17) is 0 Å². The van der Waals surface area contributed by atoms with Crippen molar-refractivity contribution in [2.45, 2.75) is 26.2 Å². The molecular weight excluding hydrogens is 400 g/mol. The maximum atomic E-state index is 12.7. The van der Waals surface area contributed by atoms with E-state index in [1.165, 1.54) is 24.2 Å². The average Bonchev–Trinajstić information content (AvgIpc) is 2.73. The van der Waals surface area contributed by atoms with Crippen LogP contribution < -0.4 is 5.32 Å². The quantitative estimate of drug-likeness (QED) is 0.610. The molecule has 0 bridgehead atoms. The maximum Gasteiger partial charge on any atom is 0.317 e. The topological polar surface area (TPSA) is 73.0 Å². The molecule has 1 saturated heterocycles. The van der Waals surface area contributed by atoms with E-state index in [-0.39, 0.29) is 17.1 Å². The third-order valence-electron chi connectivity index (χ3n) is 5.16. The van der Waals surface area contributed by atoms with E-state index in [1.54, 1.807) is 4.90 Å². The summed E-state index contributed by atoms with van der Waals surface area (Å²) in [4.78, 5) is 42.0. The fourth-order valence-electron chi connectivity index (χ4n) is 3.34. The van der Waals surface area contributed by atoms with Gasteiger partial charge in [0.15, 0.2) is 5.12 Å². The van der Waals surface area contributed by atoms with Crippen molar-refractivity contribution >= 4 is 28.8 Å². The fourth-order valence-corrected chi connectivity index (χ4v) is 3.93. The molecule has 7 nitrogen and oxygen atoms in total. The molecule has 1 heterocycles. The molecule has 1 aromatic rings. The molecule has 8 heteroatoms. The molecule has 30 heavy (non-hydrogen) atoms. The molecule has 1 aromatic carbocycles. The number of carbonyl (C=O) groups excluding carboxylic acids is 3. The van der Waals surface area contributed by atoms with E-state index >= 15 is 0 Å². The van der Waals surface area contributed by atoms with Crippen LogP contribution in [0, 0.1) is 0 Å². The molecule has 0 atom stereocenters. The van der Waals surface area contributed by atoms with E-state index in [9.17, 15) is 14.4 Å². The first-order valence-electron chi connectivity index (χ1n) is 10.6. The lowest BCUT2D eigenvalue weighted by Crippen LogP contribution is -2.48. The number of nitrogens with one attached hydrogen (secondary N) is 1. The van der Waals surface area contributed by atoms with Crippen LogP contribution in [0.2, 0.25) is 0 Å². The first-order valence-corrected chi connectivity index (χ1v) is 11.6. The molecule has 166 valence electrons. The van der Waals surface area contributed by atoms with Crippen molar-refractivity contribution in [3.63, 3.8) is 0 Å². The zero-order valence-electron chi connectivity index (χ0n) is 18.1. The molecule has 1 aliphatic rings. The van der Waals surface area contributed by atoms with Crippen molar-refractivity contribution in [2.24, 2.45) is 0 Å². The lowest BCUT2D eigenvalue weighted by molar-refractivity contribution is -0.132. The first-order chi connectivity index (χ1) is 14.5. The lowest BCUT2D eigenvalue weighted by atomic mass is 10.1. The Balaban J connectivity index is 1.75. The molecule has 0 saturated carbocycles. The molecule has 2 rings (SSSR count). The monoisotopic (exact) mass is 434 g/mol. The van der Waals surface area contributed by atoms with Gasteiger partial charge in [-0.05, 0) is 25.5 Å². The Morgan fingerprint density at radius 1 is 1.07 bits per heavy atom. The van der Waals surface area contributed by atoms with Gasteiger partial charge in [0.2, 0.25) is 5.91 Å². The van der Waals surface area contributed by atoms with Crippen LogP contribution in [-0.4, -0.2) is 90.4 Å². The molecule has 0 aliphatic carbocycles. The smallest absolute Gasteiger partial charge is 0.317 e. The summed E-state index contributed by atoms with van der Waals surface area (Å²) in [5.41, 5.74) is 1.24. The summed E-state index contributed by atoms with van der Waals surface area (Å²) in [5, 5.41) is 2.94. The van der Waals surface area contributed by atoms with Crippen molar-refractivity contribution < 1.29 is 14.4 Å². The summed E-state index contributed by atoms with van der Waals surface area (Å²) in [7, 11) is 2.05. The summed E-state index contributed by atoms with van der Waals surface area (Å²) in [6, 6.07) is 10.0. The number of carbonyl (C=O) groups is 3. The third kappa shape index (κ3) is 9.17. The summed E-state index contributed by atoms with van der Waals surface area (Å²) in [6.07, 6.45) is 2.06. The Labute approximate surface area is 184 Å². The summed E-state index contributed by atoms with van der Waals surface area (Å²) < 4.78 is 0. The largest absolute Gasteiger partial charge is 0.340 e. The van der Waals surface area contributed by atoms with Crippen LogP contribution in [0.3, 0.4) is 0 Å². The van der Waals surface area contributed by atoms with Crippen LogP contribution in [0.1, 0.15) is 25.3 Å². The maximum absolute atomic E-state index is 12.7. The number of hydrogen-bond acceptors (Lipinski definition) is 5. The molecule has 0 spiro atoms. The molecule has 1 N–H and O–H groups in total. The number of amides is 3. The number of aryl methyl sites for hydroxylation is 1. The van der Waals surface area contributed by atoms with Crippen molar-refractivity contribution in [2.75, 3.05) is 58.6 Å². The number of likely N-dealkylation sites (N-methyl/N-ethyl adjacent to an activating group) is 1. The first kappa shape index (κ1) is 24.2. The van der Waals surface area contributed by atoms with Crippen LogP contribution >= 0.6 is 11.8 Å². The average molecular weight is 435 g/mol. The number of rotatable bonds is 10. The number of hydrogen-bond donors (Lipinski definition) is 1. The predicted molar refractivity (Wildman–Crippen MR) is 122 cm³/mol. The summed E-state index contributed by atoms with van der Waals surface area (Å²) >= 11 is 1.23. The van der Waals surface area contributed by atoms with Crippen molar-refractivity contribution in [3.8, 4) is 0 Å². The molecule has 1 fully saturated rings. The minimum absolute atomic E-state index is 0.0532. The highest BCUT2D eigenvalue weighted by Crippen LogP contribution is 2.07. The van der Waals surface area contributed by atoms with Gasteiger partial charge >= 0.3 is 6.03 Å². The van der Waals surface area contributed by atoms with Gasteiger partial charge in [0.05, 0.1) is 0 Å². The van der Waals surface area contributed by atoms with E-state index in [0.717, 1.165) is 39.0 Å². The number of thioether (sulfide) groups is 1. The van der Waals surface area contributed by atoms with Gasteiger partial charge in [0.1, 0.15) is 0 Å². The van der Waals surface area contributed by atoms with Crippen LogP contribution in [0.25, 0.3) is 0 Å². The normalized spacial score (nSPS) is 14.4. The van der Waals surface area contributed by atoms with Crippen molar-refractivity contribution in [1.82, 2.24) is 20.0 Å².